The van der Waals surface area contributed by atoms with Gasteiger partial charge in [-0.3, -0.25) is 9.36 Å². The van der Waals surface area contributed by atoms with Gasteiger partial charge in [0.1, 0.15) is 10.6 Å². The fraction of sp³-hybridized carbons (Fsp3) is 0.118. The minimum atomic E-state index is -0.298. The van der Waals surface area contributed by atoms with Crippen LogP contribution < -0.4 is 5.56 Å². The molecule has 0 spiro atoms. The number of nitrogens with zero attached hydrogens (tertiary/aromatic N) is 3. The lowest BCUT2D eigenvalue weighted by Gasteiger charge is -2.04. The number of thiazole rings is 1. The second-order valence-electron chi connectivity index (χ2n) is 5.37. The summed E-state index contributed by atoms with van der Waals surface area (Å²) < 4.78 is 14.7. The van der Waals surface area contributed by atoms with Crippen LogP contribution in [0.3, 0.4) is 0 Å². The van der Waals surface area contributed by atoms with Crippen LogP contribution in [0.15, 0.2) is 46.1 Å². The number of hydrogen-bond acceptors (Lipinski definition) is 5. The molecule has 120 valence electrons. The highest BCUT2D eigenvalue weighted by molar-refractivity contribution is 7.17. The zero-order valence-corrected chi connectivity index (χ0v) is 14.3. The van der Waals surface area contributed by atoms with Gasteiger partial charge in [0.25, 0.3) is 5.56 Å². The Bertz CT molecular complexity index is 1080. The zero-order chi connectivity index (χ0) is 16.7. The number of halogens is 1. The van der Waals surface area contributed by atoms with Gasteiger partial charge < -0.3 is 0 Å². The van der Waals surface area contributed by atoms with E-state index in [1.54, 1.807) is 34.4 Å². The summed E-state index contributed by atoms with van der Waals surface area (Å²) in [6.45, 7) is 2.33. The van der Waals surface area contributed by atoms with Crippen LogP contribution >= 0.6 is 22.7 Å². The third-order valence-corrected chi connectivity index (χ3v) is 5.42. The largest absolute Gasteiger partial charge is 0.293 e. The predicted octanol–water partition coefficient (Wildman–Crippen LogP) is 4.08. The molecule has 4 nitrogen and oxygen atoms in total. The number of rotatable bonds is 3. The molecule has 4 rings (SSSR count). The number of hydrogen-bond donors (Lipinski definition) is 0. The van der Waals surface area contributed by atoms with Crippen LogP contribution in [-0.4, -0.2) is 14.5 Å². The Labute approximate surface area is 144 Å². The second-order valence-corrected chi connectivity index (χ2v) is 7.29. The van der Waals surface area contributed by atoms with Crippen LogP contribution in [-0.2, 0) is 6.54 Å². The Kier molecular flexibility index (Phi) is 3.74. The van der Waals surface area contributed by atoms with E-state index in [0.717, 1.165) is 21.8 Å². The molecule has 3 heterocycles. The highest BCUT2D eigenvalue weighted by Crippen LogP contribution is 2.30. The van der Waals surface area contributed by atoms with E-state index in [1.807, 2.05) is 17.7 Å². The van der Waals surface area contributed by atoms with Crippen molar-refractivity contribution >= 4 is 32.9 Å². The number of benzene rings is 1. The molecule has 3 aromatic heterocycles. The van der Waals surface area contributed by atoms with Gasteiger partial charge in [0.15, 0.2) is 0 Å². The Morgan fingerprint density at radius 3 is 2.67 bits per heavy atom. The molecule has 0 aliphatic heterocycles. The van der Waals surface area contributed by atoms with E-state index in [2.05, 4.69) is 9.97 Å². The SMILES string of the molecule is Cc1nc(Cn2cnc3scc(-c4ccc(F)cc4)c3c2=O)cs1. The quantitative estimate of drug-likeness (QED) is 0.555. The number of aryl methyl sites for hydroxylation is 1. The van der Waals surface area contributed by atoms with Gasteiger partial charge in [0, 0.05) is 16.3 Å². The molecule has 24 heavy (non-hydrogen) atoms. The van der Waals surface area contributed by atoms with Crippen molar-refractivity contribution in [3.8, 4) is 11.1 Å². The summed E-state index contributed by atoms with van der Waals surface area (Å²) in [7, 11) is 0. The maximum absolute atomic E-state index is 13.1. The fourth-order valence-corrected chi connectivity index (χ4v) is 4.09. The Morgan fingerprint density at radius 2 is 1.96 bits per heavy atom. The molecule has 1 aromatic carbocycles. The number of fused-ring (bicyclic) bond motifs is 1. The molecule has 4 aromatic rings. The Hall–Kier alpha value is -2.38. The van der Waals surface area contributed by atoms with Gasteiger partial charge in [-0.15, -0.1) is 22.7 Å². The van der Waals surface area contributed by atoms with Crippen molar-refractivity contribution in [1.82, 2.24) is 14.5 Å². The topological polar surface area (TPSA) is 47.8 Å². The zero-order valence-electron chi connectivity index (χ0n) is 12.7. The van der Waals surface area contributed by atoms with Crippen LogP contribution in [0.1, 0.15) is 10.7 Å². The molecule has 7 heteroatoms. The Balaban J connectivity index is 1.84. The first-order valence-electron chi connectivity index (χ1n) is 7.25. The van der Waals surface area contributed by atoms with Crippen molar-refractivity contribution in [2.24, 2.45) is 0 Å². The smallest absolute Gasteiger partial charge is 0.263 e. The minimum Gasteiger partial charge on any atom is -0.293 e. The molecule has 0 unspecified atom stereocenters. The molecule has 0 saturated heterocycles. The maximum atomic E-state index is 13.1. The van der Waals surface area contributed by atoms with E-state index < -0.39 is 0 Å². The first kappa shape index (κ1) is 15.2. The van der Waals surface area contributed by atoms with E-state index >= 15 is 0 Å². The third kappa shape index (κ3) is 2.65. The highest BCUT2D eigenvalue weighted by atomic mass is 32.1. The summed E-state index contributed by atoms with van der Waals surface area (Å²) >= 11 is 2.97. The average Bonchev–Trinajstić information content (AvgIpc) is 3.18. The van der Waals surface area contributed by atoms with Gasteiger partial charge in [-0.1, -0.05) is 12.1 Å². The van der Waals surface area contributed by atoms with Crippen LogP contribution in [0, 0.1) is 12.7 Å². The first-order chi connectivity index (χ1) is 11.6. The van der Waals surface area contributed by atoms with Crippen LogP contribution in [0.5, 0.6) is 0 Å². The molecule has 0 radical (unpaired) electrons. The van der Waals surface area contributed by atoms with E-state index in [9.17, 15) is 9.18 Å². The van der Waals surface area contributed by atoms with Gasteiger partial charge in [0.2, 0.25) is 0 Å². The van der Waals surface area contributed by atoms with Crippen LogP contribution in [0.2, 0.25) is 0 Å². The molecule has 0 aliphatic carbocycles. The fourth-order valence-electron chi connectivity index (χ4n) is 2.58. The van der Waals surface area contributed by atoms with Crippen molar-refractivity contribution in [2.75, 3.05) is 0 Å². The Morgan fingerprint density at radius 1 is 1.17 bits per heavy atom. The monoisotopic (exact) mass is 357 g/mol. The van der Waals surface area contributed by atoms with Crippen molar-refractivity contribution in [3.63, 3.8) is 0 Å². The minimum absolute atomic E-state index is 0.105. The maximum Gasteiger partial charge on any atom is 0.263 e. The normalized spacial score (nSPS) is 11.2. The van der Waals surface area contributed by atoms with Crippen molar-refractivity contribution in [3.05, 3.63) is 68.2 Å². The van der Waals surface area contributed by atoms with Crippen molar-refractivity contribution in [2.45, 2.75) is 13.5 Å². The lowest BCUT2D eigenvalue weighted by molar-refractivity contribution is 0.628. The van der Waals surface area contributed by atoms with Gasteiger partial charge in [-0.25, -0.2) is 14.4 Å². The van der Waals surface area contributed by atoms with Crippen molar-refractivity contribution < 1.29 is 4.39 Å². The van der Waals surface area contributed by atoms with Gasteiger partial charge >= 0.3 is 0 Å². The molecule has 0 amide bonds. The highest BCUT2D eigenvalue weighted by Gasteiger charge is 2.14. The molecular weight excluding hydrogens is 345 g/mol. The van der Waals surface area contributed by atoms with Gasteiger partial charge in [-0.05, 0) is 24.6 Å². The van der Waals surface area contributed by atoms with Gasteiger partial charge in [0.05, 0.1) is 29.0 Å². The van der Waals surface area contributed by atoms with Crippen LogP contribution in [0.4, 0.5) is 4.39 Å². The van der Waals surface area contributed by atoms with Crippen LogP contribution in [0.25, 0.3) is 21.3 Å². The molecule has 0 saturated carbocycles. The first-order valence-corrected chi connectivity index (χ1v) is 9.01. The predicted molar refractivity (Wildman–Crippen MR) is 95.2 cm³/mol. The molecule has 0 fully saturated rings. The summed E-state index contributed by atoms with van der Waals surface area (Å²) in [5.41, 5.74) is 2.34. The number of thiophene rings is 1. The van der Waals surface area contributed by atoms with E-state index in [1.165, 1.54) is 23.5 Å². The van der Waals surface area contributed by atoms with Gasteiger partial charge in [-0.2, -0.15) is 0 Å². The third-order valence-electron chi connectivity index (χ3n) is 3.71. The summed E-state index contributed by atoms with van der Waals surface area (Å²) in [5, 5.41) is 5.38. The standard InChI is InChI=1S/C17H12FN3OS2/c1-10-20-13(7-23-10)6-21-9-19-16-15(17(21)22)14(8-24-16)11-2-4-12(18)5-3-11/h2-5,7-9H,6H2,1H3. The second kappa shape index (κ2) is 5.92. The summed E-state index contributed by atoms with van der Waals surface area (Å²) in [4.78, 5) is 22.4. The van der Waals surface area contributed by atoms with E-state index in [4.69, 9.17) is 0 Å². The molecule has 0 bridgehead atoms. The summed E-state index contributed by atoms with van der Waals surface area (Å²) in [5.74, 6) is -0.298. The molecular formula is C17H12FN3OS2. The number of aromatic nitrogens is 3. The summed E-state index contributed by atoms with van der Waals surface area (Å²) in [6, 6.07) is 6.15. The molecule has 0 aliphatic rings. The molecule has 0 atom stereocenters. The lowest BCUT2D eigenvalue weighted by atomic mass is 10.1. The van der Waals surface area contributed by atoms with E-state index in [-0.39, 0.29) is 11.4 Å². The van der Waals surface area contributed by atoms with E-state index in [0.29, 0.717) is 16.8 Å². The summed E-state index contributed by atoms with van der Waals surface area (Å²) in [6.07, 6.45) is 1.56. The lowest BCUT2D eigenvalue weighted by Crippen LogP contribution is -2.21. The van der Waals surface area contributed by atoms with Crippen molar-refractivity contribution in [1.29, 1.82) is 0 Å². The molecule has 0 N–H and O–H groups in total. The average molecular weight is 357 g/mol.